The first-order chi connectivity index (χ1) is 13.2. The number of ether oxygens (including phenoxy) is 1. The van der Waals surface area contributed by atoms with Crippen LogP contribution in [-0.4, -0.2) is 79.7 Å². The van der Waals surface area contributed by atoms with Gasteiger partial charge in [-0.2, -0.15) is 0 Å². The Hall–Kier alpha value is -1.79. The van der Waals surface area contributed by atoms with Crippen LogP contribution < -0.4 is 10.1 Å². The maximum atomic E-state index is 12.6. The summed E-state index contributed by atoms with van der Waals surface area (Å²) in [4.78, 5) is 19.5. The third-order valence-corrected chi connectivity index (χ3v) is 5.57. The van der Waals surface area contributed by atoms with E-state index in [1.165, 1.54) is 24.9 Å². The standard InChI is InChI=1S/C21H34N4O2/c1-3-9-23-10-5-7-19(17-23)22-21(26)25-13-11-24(12-14-25)16-18-6-4-8-20(15-18)27-2/h4,6,8,15,19H,3,5,7,9-14,16-17H2,1-2H3,(H,22,26)/t19-/m0/s1. The van der Waals surface area contributed by atoms with Crippen molar-refractivity contribution in [2.75, 3.05) is 52.9 Å². The molecule has 3 rings (SSSR count). The van der Waals surface area contributed by atoms with Crippen molar-refractivity contribution >= 4 is 6.03 Å². The number of methoxy groups -OCH3 is 1. The molecule has 150 valence electrons. The predicted molar refractivity (Wildman–Crippen MR) is 108 cm³/mol. The van der Waals surface area contributed by atoms with Crippen LogP contribution in [0.5, 0.6) is 5.75 Å². The fraction of sp³-hybridized carbons (Fsp3) is 0.667. The molecule has 2 fully saturated rings. The van der Waals surface area contributed by atoms with Crippen LogP contribution in [0.2, 0.25) is 0 Å². The Balaban J connectivity index is 1.42. The van der Waals surface area contributed by atoms with Gasteiger partial charge in [-0.05, 0) is 50.0 Å². The number of rotatable bonds is 6. The average molecular weight is 375 g/mol. The van der Waals surface area contributed by atoms with Gasteiger partial charge in [0.1, 0.15) is 5.75 Å². The molecule has 0 unspecified atom stereocenters. The van der Waals surface area contributed by atoms with Crippen molar-refractivity contribution in [3.63, 3.8) is 0 Å². The summed E-state index contributed by atoms with van der Waals surface area (Å²) in [5.41, 5.74) is 1.26. The molecule has 1 aromatic carbocycles. The summed E-state index contributed by atoms with van der Waals surface area (Å²) in [6, 6.07) is 8.63. The summed E-state index contributed by atoms with van der Waals surface area (Å²) in [5.74, 6) is 0.898. The predicted octanol–water partition coefficient (Wildman–Crippen LogP) is 2.40. The number of hydrogen-bond donors (Lipinski definition) is 1. The van der Waals surface area contributed by atoms with Crippen LogP contribution >= 0.6 is 0 Å². The maximum absolute atomic E-state index is 12.6. The number of carbonyl (C=O) groups is 1. The molecule has 2 aliphatic heterocycles. The van der Waals surface area contributed by atoms with Crippen molar-refractivity contribution < 1.29 is 9.53 Å². The maximum Gasteiger partial charge on any atom is 0.317 e. The van der Waals surface area contributed by atoms with Crippen LogP contribution in [0.4, 0.5) is 4.79 Å². The number of amides is 2. The van der Waals surface area contributed by atoms with E-state index >= 15 is 0 Å². The van der Waals surface area contributed by atoms with Crippen LogP contribution in [0, 0.1) is 0 Å². The van der Waals surface area contributed by atoms with Crippen molar-refractivity contribution in [1.29, 1.82) is 0 Å². The lowest BCUT2D eigenvalue weighted by Gasteiger charge is -2.37. The Labute approximate surface area is 163 Å². The summed E-state index contributed by atoms with van der Waals surface area (Å²) in [6.45, 7) is 9.83. The zero-order valence-corrected chi connectivity index (χ0v) is 16.8. The van der Waals surface area contributed by atoms with Gasteiger partial charge in [0, 0.05) is 45.3 Å². The molecule has 0 bridgehead atoms. The average Bonchev–Trinajstić information content (AvgIpc) is 2.69. The van der Waals surface area contributed by atoms with Crippen LogP contribution in [0.25, 0.3) is 0 Å². The minimum absolute atomic E-state index is 0.111. The minimum Gasteiger partial charge on any atom is -0.497 e. The van der Waals surface area contributed by atoms with Crippen molar-refractivity contribution in [3.8, 4) is 5.75 Å². The molecular weight excluding hydrogens is 340 g/mol. The zero-order valence-electron chi connectivity index (χ0n) is 16.8. The summed E-state index contributed by atoms with van der Waals surface area (Å²) < 4.78 is 5.30. The second-order valence-electron chi connectivity index (χ2n) is 7.70. The topological polar surface area (TPSA) is 48.1 Å². The van der Waals surface area contributed by atoms with Crippen molar-refractivity contribution in [3.05, 3.63) is 29.8 Å². The third kappa shape index (κ3) is 5.84. The number of nitrogens with one attached hydrogen (secondary N) is 1. The first-order valence-electron chi connectivity index (χ1n) is 10.3. The van der Waals surface area contributed by atoms with E-state index in [0.29, 0.717) is 6.04 Å². The molecule has 0 saturated carbocycles. The lowest BCUT2D eigenvalue weighted by Crippen LogP contribution is -2.55. The fourth-order valence-corrected chi connectivity index (χ4v) is 4.10. The van der Waals surface area contributed by atoms with E-state index in [1.807, 2.05) is 17.0 Å². The van der Waals surface area contributed by atoms with Crippen molar-refractivity contribution in [2.24, 2.45) is 0 Å². The normalized spacial score (nSPS) is 21.9. The molecule has 2 saturated heterocycles. The van der Waals surface area contributed by atoms with Crippen LogP contribution in [-0.2, 0) is 6.54 Å². The Morgan fingerprint density at radius 2 is 2.00 bits per heavy atom. The van der Waals surface area contributed by atoms with Crippen LogP contribution in [0.15, 0.2) is 24.3 Å². The van der Waals surface area contributed by atoms with Gasteiger partial charge in [0.2, 0.25) is 0 Å². The zero-order chi connectivity index (χ0) is 19.1. The Morgan fingerprint density at radius 3 is 2.74 bits per heavy atom. The molecule has 0 radical (unpaired) electrons. The fourth-order valence-electron chi connectivity index (χ4n) is 4.10. The van der Waals surface area contributed by atoms with Gasteiger partial charge in [0.15, 0.2) is 0 Å². The Morgan fingerprint density at radius 1 is 1.19 bits per heavy atom. The number of benzene rings is 1. The van der Waals surface area contributed by atoms with E-state index in [2.05, 4.69) is 34.2 Å². The van der Waals surface area contributed by atoms with E-state index in [4.69, 9.17) is 4.74 Å². The molecule has 6 nitrogen and oxygen atoms in total. The summed E-state index contributed by atoms with van der Waals surface area (Å²) >= 11 is 0. The Bertz CT molecular complexity index is 600. The number of carbonyl (C=O) groups excluding carboxylic acids is 1. The molecular formula is C21H34N4O2. The van der Waals surface area contributed by atoms with Crippen LogP contribution in [0.3, 0.4) is 0 Å². The van der Waals surface area contributed by atoms with E-state index in [9.17, 15) is 4.79 Å². The summed E-state index contributed by atoms with van der Waals surface area (Å²) in [5, 5.41) is 3.27. The van der Waals surface area contributed by atoms with Crippen molar-refractivity contribution in [2.45, 2.75) is 38.8 Å². The van der Waals surface area contributed by atoms with Gasteiger partial charge < -0.3 is 19.9 Å². The van der Waals surface area contributed by atoms with Gasteiger partial charge in [-0.1, -0.05) is 19.1 Å². The SMILES string of the molecule is CCCN1CCC[C@H](NC(=O)N2CCN(Cc3cccc(OC)c3)CC2)C1. The smallest absolute Gasteiger partial charge is 0.317 e. The summed E-state index contributed by atoms with van der Waals surface area (Å²) in [6.07, 6.45) is 3.46. The number of likely N-dealkylation sites (tertiary alicyclic amines) is 1. The highest BCUT2D eigenvalue weighted by molar-refractivity contribution is 5.74. The summed E-state index contributed by atoms with van der Waals surface area (Å²) in [7, 11) is 1.70. The molecule has 0 aliphatic carbocycles. The van der Waals surface area contributed by atoms with E-state index in [1.54, 1.807) is 7.11 Å². The molecule has 1 atom stereocenters. The minimum atomic E-state index is 0.111. The molecule has 0 aromatic heterocycles. The monoisotopic (exact) mass is 374 g/mol. The van der Waals surface area contributed by atoms with Crippen LogP contribution in [0.1, 0.15) is 31.7 Å². The molecule has 27 heavy (non-hydrogen) atoms. The molecule has 0 spiro atoms. The molecule has 6 heteroatoms. The van der Waals surface area contributed by atoms with Gasteiger partial charge in [-0.15, -0.1) is 0 Å². The molecule has 2 amide bonds. The molecule has 1 N–H and O–H groups in total. The van der Waals surface area contributed by atoms with Crippen molar-refractivity contribution in [1.82, 2.24) is 20.0 Å². The van der Waals surface area contributed by atoms with Gasteiger partial charge >= 0.3 is 6.03 Å². The first kappa shape index (κ1) is 20.0. The number of nitrogens with zero attached hydrogens (tertiary/aromatic N) is 3. The first-order valence-corrected chi connectivity index (χ1v) is 10.3. The second-order valence-corrected chi connectivity index (χ2v) is 7.70. The molecule has 2 aliphatic rings. The number of piperidine rings is 1. The number of piperazine rings is 1. The largest absolute Gasteiger partial charge is 0.497 e. The lowest BCUT2D eigenvalue weighted by molar-refractivity contribution is 0.126. The van der Waals surface area contributed by atoms with E-state index in [-0.39, 0.29) is 6.03 Å². The highest BCUT2D eigenvalue weighted by Gasteiger charge is 2.25. The van der Waals surface area contributed by atoms with Gasteiger partial charge in [-0.25, -0.2) is 4.79 Å². The highest BCUT2D eigenvalue weighted by atomic mass is 16.5. The molecule has 2 heterocycles. The number of urea groups is 1. The van der Waals surface area contributed by atoms with E-state index < -0.39 is 0 Å². The highest BCUT2D eigenvalue weighted by Crippen LogP contribution is 2.16. The van der Waals surface area contributed by atoms with Gasteiger partial charge in [0.05, 0.1) is 7.11 Å². The van der Waals surface area contributed by atoms with E-state index in [0.717, 1.165) is 58.0 Å². The lowest BCUT2D eigenvalue weighted by atomic mass is 10.1. The Kier molecular flexibility index (Phi) is 7.35. The third-order valence-electron chi connectivity index (χ3n) is 5.57. The molecule has 1 aromatic rings. The van der Waals surface area contributed by atoms with Gasteiger partial charge in [-0.3, -0.25) is 4.90 Å². The second kappa shape index (κ2) is 9.95. The number of hydrogen-bond acceptors (Lipinski definition) is 4. The quantitative estimate of drug-likeness (QED) is 0.831. The van der Waals surface area contributed by atoms with Gasteiger partial charge in [0.25, 0.3) is 0 Å².